The molecule has 94 valence electrons. The predicted octanol–water partition coefficient (Wildman–Crippen LogP) is 2.93. The Balaban J connectivity index is 2.15. The Morgan fingerprint density at radius 3 is 2.94 bits per heavy atom. The minimum absolute atomic E-state index is 0.0323. The Bertz CT molecular complexity index is 352. The Morgan fingerprint density at radius 2 is 2.29 bits per heavy atom. The van der Waals surface area contributed by atoms with Crippen LogP contribution in [0.3, 0.4) is 0 Å². The van der Waals surface area contributed by atoms with Crippen molar-refractivity contribution in [2.45, 2.75) is 39.0 Å². The fraction of sp³-hybridized carbons (Fsp3) is 0.545. The molecule has 0 saturated carbocycles. The maximum absolute atomic E-state index is 11.5. The summed E-state index contributed by atoms with van der Waals surface area (Å²) >= 11 is 6.45. The zero-order valence-electron chi connectivity index (χ0n) is 9.86. The minimum atomic E-state index is -0.0323. The first-order valence-corrected chi connectivity index (χ1v) is 7.01. The molecule has 1 aromatic rings. The molecule has 0 saturated heterocycles. The van der Waals surface area contributed by atoms with Gasteiger partial charge in [0, 0.05) is 18.0 Å². The molecule has 4 nitrogen and oxygen atoms in total. The van der Waals surface area contributed by atoms with Crippen molar-refractivity contribution in [2.75, 3.05) is 5.32 Å². The number of aromatic nitrogens is 1. The SMILES string of the molecule is CCCCCCC(=O)NC(=S)Nc1nccs1. The van der Waals surface area contributed by atoms with E-state index in [0.717, 1.165) is 12.8 Å². The highest BCUT2D eigenvalue weighted by atomic mass is 32.1. The molecule has 1 amide bonds. The summed E-state index contributed by atoms with van der Waals surface area (Å²) in [6.07, 6.45) is 6.57. The lowest BCUT2D eigenvalue weighted by molar-refractivity contribution is -0.119. The first-order valence-electron chi connectivity index (χ1n) is 5.72. The number of unbranched alkanes of at least 4 members (excludes halogenated alkanes) is 3. The van der Waals surface area contributed by atoms with E-state index in [4.69, 9.17) is 12.2 Å². The molecule has 0 radical (unpaired) electrons. The molecule has 0 aromatic carbocycles. The van der Waals surface area contributed by atoms with Crippen LogP contribution in [-0.2, 0) is 4.79 Å². The summed E-state index contributed by atoms with van der Waals surface area (Å²) in [5.41, 5.74) is 0. The molecule has 1 rings (SSSR count). The van der Waals surface area contributed by atoms with Gasteiger partial charge in [-0.2, -0.15) is 0 Å². The molecule has 0 aliphatic rings. The summed E-state index contributed by atoms with van der Waals surface area (Å²) in [5.74, 6) is -0.0323. The summed E-state index contributed by atoms with van der Waals surface area (Å²) in [5, 5.41) is 8.36. The molecular formula is C11H17N3OS2. The van der Waals surface area contributed by atoms with Crippen molar-refractivity contribution in [3.8, 4) is 0 Å². The molecule has 0 spiro atoms. The fourth-order valence-electron chi connectivity index (χ4n) is 1.32. The molecule has 0 aliphatic carbocycles. The molecule has 6 heteroatoms. The summed E-state index contributed by atoms with van der Waals surface area (Å²) < 4.78 is 0. The van der Waals surface area contributed by atoms with Gasteiger partial charge in [-0.3, -0.25) is 4.79 Å². The second-order valence-electron chi connectivity index (χ2n) is 3.65. The van der Waals surface area contributed by atoms with Gasteiger partial charge in [0.05, 0.1) is 0 Å². The molecule has 0 unspecified atom stereocenters. The summed E-state index contributed by atoms with van der Waals surface area (Å²) in [6, 6.07) is 0. The van der Waals surface area contributed by atoms with Crippen LogP contribution in [0.5, 0.6) is 0 Å². The van der Waals surface area contributed by atoms with Crippen LogP contribution >= 0.6 is 23.6 Å². The number of amides is 1. The maximum Gasteiger partial charge on any atom is 0.226 e. The van der Waals surface area contributed by atoms with E-state index in [9.17, 15) is 4.79 Å². The van der Waals surface area contributed by atoms with E-state index in [1.165, 1.54) is 24.2 Å². The fourth-order valence-corrected chi connectivity index (χ4v) is 2.12. The van der Waals surface area contributed by atoms with Gasteiger partial charge in [0.25, 0.3) is 0 Å². The van der Waals surface area contributed by atoms with Gasteiger partial charge in [-0.05, 0) is 18.6 Å². The van der Waals surface area contributed by atoms with E-state index in [1.807, 2.05) is 5.38 Å². The average Bonchev–Trinajstić information content (AvgIpc) is 2.77. The van der Waals surface area contributed by atoms with Gasteiger partial charge in [-0.15, -0.1) is 11.3 Å². The first-order chi connectivity index (χ1) is 8.22. The number of thiocarbonyl (C=S) groups is 1. The van der Waals surface area contributed by atoms with E-state index >= 15 is 0 Å². The van der Waals surface area contributed by atoms with Crippen LogP contribution in [0, 0.1) is 0 Å². The number of thiazole rings is 1. The van der Waals surface area contributed by atoms with Crippen molar-refractivity contribution < 1.29 is 4.79 Å². The lowest BCUT2D eigenvalue weighted by Crippen LogP contribution is -2.33. The van der Waals surface area contributed by atoms with Gasteiger partial charge in [-0.25, -0.2) is 4.98 Å². The van der Waals surface area contributed by atoms with Crippen molar-refractivity contribution in [2.24, 2.45) is 0 Å². The van der Waals surface area contributed by atoms with Crippen LogP contribution in [0.15, 0.2) is 11.6 Å². The van der Waals surface area contributed by atoms with E-state index in [-0.39, 0.29) is 5.91 Å². The van der Waals surface area contributed by atoms with Gasteiger partial charge in [0.15, 0.2) is 10.2 Å². The third-order valence-electron chi connectivity index (χ3n) is 2.16. The Labute approximate surface area is 111 Å². The molecule has 0 aliphatic heterocycles. The zero-order valence-corrected chi connectivity index (χ0v) is 11.5. The molecule has 0 bridgehead atoms. The second-order valence-corrected chi connectivity index (χ2v) is 4.95. The Hall–Kier alpha value is -1.01. The molecule has 0 atom stereocenters. The second kappa shape index (κ2) is 8.14. The maximum atomic E-state index is 11.5. The van der Waals surface area contributed by atoms with Crippen LogP contribution in [0.4, 0.5) is 5.13 Å². The van der Waals surface area contributed by atoms with Gasteiger partial charge < -0.3 is 10.6 Å². The normalized spacial score (nSPS) is 9.94. The molecular weight excluding hydrogens is 254 g/mol. The van der Waals surface area contributed by atoms with Crippen LogP contribution < -0.4 is 10.6 Å². The Kier molecular flexibility index (Phi) is 6.73. The highest BCUT2D eigenvalue weighted by Crippen LogP contribution is 2.09. The molecule has 0 fully saturated rings. The molecule has 17 heavy (non-hydrogen) atoms. The van der Waals surface area contributed by atoms with Crippen LogP contribution in [-0.4, -0.2) is 16.0 Å². The van der Waals surface area contributed by atoms with Crippen molar-refractivity contribution in [1.82, 2.24) is 10.3 Å². The lowest BCUT2D eigenvalue weighted by atomic mass is 10.1. The highest BCUT2D eigenvalue weighted by Gasteiger charge is 2.05. The van der Waals surface area contributed by atoms with E-state index in [2.05, 4.69) is 22.5 Å². The number of nitrogens with one attached hydrogen (secondary N) is 2. The van der Waals surface area contributed by atoms with Crippen molar-refractivity contribution in [1.29, 1.82) is 0 Å². The standard InChI is InChI=1S/C11H17N3OS2/c1-2-3-4-5-6-9(15)13-10(16)14-11-12-7-8-17-11/h7-8H,2-6H2,1H3,(H2,12,13,14,15,16). The van der Waals surface area contributed by atoms with Crippen LogP contribution in [0.25, 0.3) is 0 Å². The smallest absolute Gasteiger partial charge is 0.226 e. The molecule has 1 heterocycles. The number of nitrogens with zero attached hydrogens (tertiary/aromatic N) is 1. The number of rotatable bonds is 6. The van der Waals surface area contributed by atoms with Crippen LogP contribution in [0.2, 0.25) is 0 Å². The summed E-state index contributed by atoms with van der Waals surface area (Å²) in [7, 11) is 0. The predicted molar refractivity (Wildman–Crippen MR) is 75.2 cm³/mol. The topological polar surface area (TPSA) is 54.0 Å². The third-order valence-corrected chi connectivity index (χ3v) is 3.06. The van der Waals surface area contributed by atoms with Crippen molar-refractivity contribution in [3.05, 3.63) is 11.6 Å². The number of carbonyl (C=O) groups excluding carboxylic acids is 1. The molecule has 2 N–H and O–H groups in total. The number of hydrogen-bond acceptors (Lipinski definition) is 4. The number of hydrogen-bond donors (Lipinski definition) is 2. The van der Waals surface area contributed by atoms with Crippen LogP contribution in [0.1, 0.15) is 39.0 Å². The van der Waals surface area contributed by atoms with Crippen molar-refractivity contribution >= 4 is 39.7 Å². The lowest BCUT2D eigenvalue weighted by Gasteiger charge is -2.06. The average molecular weight is 271 g/mol. The number of anilines is 1. The van der Waals surface area contributed by atoms with Gasteiger partial charge >= 0.3 is 0 Å². The number of carbonyl (C=O) groups is 1. The Morgan fingerprint density at radius 1 is 1.47 bits per heavy atom. The molecule has 1 aromatic heterocycles. The highest BCUT2D eigenvalue weighted by molar-refractivity contribution is 7.80. The van der Waals surface area contributed by atoms with E-state index < -0.39 is 0 Å². The third kappa shape index (κ3) is 6.33. The zero-order chi connectivity index (χ0) is 12.5. The van der Waals surface area contributed by atoms with E-state index in [0.29, 0.717) is 16.7 Å². The van der Waals surface area contributed by atoms with Gasteiger partial charge in [0.2, 0.25) is 5.91 Å². The first kappa shape index (κ1) is 14.1. The minimum Gasteiger partial charge on any atom is -0.308 e. The van der Waals surface area contributed by atoms with Gasteiger partial charge in [0.1, 0.15) is 0 Å². The quantitative estimate of drug-likeness (QED) is 0.617. The van der Waals surface area contributed by atoms with Crippen molar-refractivity contribution in [3.63, 3.8) is 0 Å². The van der Waals surface area contributed by atoms with Gasteiger partial charge in [-0.1, -0.05) is 26.2 Å². The summed E-state index contributed by atoms with van der Waals surface area (Å²) in [6.45, 7) is 2.15. The van der Waals surface area contributed by atoms with E-state index in [1.54, 1.807) is 6.20 Å². The monoisotopic (exact) mass is 271 g/mol. The largest absolute Gasteiger partial charge is 0.308 e. The summed E-state index contributed by atoms with van der Waals surface area (Å²) in [4.78, 5) is 15.5.